The highest BCUT2D eigenvalue weighted by atomic mass is 16.3. The maximum atomic E-state index is 11.3. The average Bonchev–Trinajstić information content (AvgIpc) is 2.35. The molecule has 1 amide bonds. The van der Waals surface area contributed by atoms with Gasteiger partial charge in [-0.2, -0.15) is 0 Å². The van der Waals surface area contributed by atoms with E-state index in [9.17, 15) is 9.90 Å². The van der Waals surface area contributed by atoms with Crippen molar-refractivity contribution in [2.24, 2.45) is 28.4 Å². The molecule has 80 valence electrons. The smallest absolute Gasteiger partial charge is 0.223 e. The molecule has 3 nitrogen and oxygen atoms in total. The minimum absolute atomic E-state index is 0.0338. The Morgan fingerprint density at radius 1 is 1.43 bits per heavy atom. The van der Waals surface area contributed by atoms with Crippen molar-refractivity contribution in [2.75, 3.05) is 0 Å². The molecule has 14 heavy (non-hydrogen) atoms. The van der Waals surface area contributed by atoms with Crippen molar-refractivity contribution in [2.45, 2.75) is 39.7 Å². The number of carbonyl (C=O) groups excluding carboxylic acids is 1. The lowest BCUT2D eigenvalue weighted by Crippen LogP contribution is -2.42. The fraction of sp³-hybridized carbons (Fsp3) is 0.909. The van der Waals surface area contributed by atoms with Crippen molar-refractivity contribution in [3.8, 4) is 0 Å². The van der Waals surface area contributed by atoms with Crippen LogP contribution >= 0.6 is 0 Å². The predicted octanol–water partition coefficient (Wildman–Crippen LogP) is 0.905. The van der Waals surface area contributed by atoms with Crippen molar-refractivity contribution in [3.63, 3.8) is 0 Å². The molecule has 2 aliphatic carbocycles. The van der Waals surface area contributed by atoms with Crippen LogP contribution in [0.3, 0.4) is 0 Å². The van der Waals surface area contributed by atoms with Gasteiger partial charge in [0.15, 0.2) is 0 Å². The first-order valence-corrected chi connectivity index (χ1v) is 5.30. The second kappa shape index (κ2) is 2.51. The minimum atomic E-state index is -0.547. The molecule has 0 aromatic carbocycles. The largest absolute Gasteiger partial charge is 0.392 e. The standard InChI is InChI=1S/C11H19NO2/c1-10(2)6-4-5-11(10,3)8(13)7(6)9(12)14/h6-8,13H,4-5H2,1-3H3,(H2,12,14)/t6-,7-,8-,11-/m0/s1. The molecule has 0 unspecified atom stereocenters. The summed E-state index contributed by atoms with van der Waals surface area (Å²) in [6.07, 6.45) is 1.48. The van der Waals surface area contributed by atoms with Crippen molar-refractivity contribution >= 4 is 5.91 Å². The average molecular weight is 197 g/mol. The quantitative estimate of drug-likeness (QED) is 0.656. The summed E-state index contributed by atoms with van der Waals surface area (Å²) in [7, 11) is 0. The van der Waals surface area contributed by atoms with Gasteiger partial charge in [-0.25, -0.2) is 0 Å². The number of amides is 1. The van der Waals surface area contributed by atoms with Crippen LogP contribution in [0.15, 0.2) is 0 Å². The van der Waals surface area contributed by atoms with E-state index >= 15 is 0 Å². The number of nitrogens with two attached hydrogens (primary N) is 1. The number of fused-ring (bicyclic) bond motifs is 2. The Kier molecular flexibility index (Phi) is 1.79. The summed E-state index contributed by atoms with van der Waals surface area (Å²) in [4.78, 5) is 11.3. The van der Waals surface area contributed by atoms with Crippen LogP contribution in [0.1, 0.15) is 33.6 Å². The molecular formula is C11H19NO2. The van der Waals surface area contributed by atoms with Gasteiger partial charge in [0.25, 0.3) is 0 Å². The Balaban J connectivity index is 2.44. The summed E-state index contributed by atoms with van der Waals surface area (Å²) >= 11 is 0. The summed E-state index contributed by atoms with van der Waals surface area (Å²) in [6.45, 7) is 6.38. The molecule has 4 atom stereocenters. The van der Waals surface area contributed by atoms with E-state index in [0.29, 0.717) is 0 Å². The number of primary amides is 1. The second-order valence-electron chi connectivity index (χ2n) is 5.66. The van der Waals surface area contributed by atoms with E-state index in [1.54, 1.807) is 0 Å². The monoisotopic (exact) mass is 197 g/mol. The van der Waals surface area contributed by atoms with Gasteiger partial charge in [0, 0.05) is 0 Å². The molecule has 3 heteroatoms. The number of aliphatic hydroxyl groups is 1. The van der Waals surface area contributed by atoms with Crippen LogP contribution in [0.25, 0.3) is 0 Å². The molecule has 2 rings (SSSR count). The maximum Gasteiger partial charge on any atom is 0.223 e. The molecule has 0 aromatic heterocycles. The first-order chi connectivity index (χ1) is 6.32. The summed E-state index contributed by atoms with van der Waals surface area (Å²) < 4.78 is 0. The fourth-order valence-electron chi connectivity index (χ4n) is 3.69. The van der Waals surface area contributed by atoms with Crippen molar-refractivity contribution in [1.29, 1.82) is 0 Å². The molecule has 0 radical (unpaired) electrons. The van der Waals surface area contributed by atoms with Crippen LogP contribution in [-0.4, -0.2) is 17.1 Å². The van der Waals surface area contributed by atoms with Gasteiger partial charge in [-0.3, -0.25) is 4.79 Å². The summed E-state index contributed by atoms with van der Waals surface area (Å²) in [5, 5.41) is 10.1. The highest BCUT2D eigenvalue weighted by molar-refractivity contribution is 5.78. The second-order valence-corrected chi connectivity index (χ2v) is 5.66. The van der Waals surface area contributed by atoms with E-state index in [4.69, 9.17) is 5.73 Å². The molecule has 2 aliphatic rings. The summed E-state index contributed by atoms with van der Waals surface area (Å²) in [5.41, 5.74) is 5.26. The minimum Gasteiger partial charge on any atom is -0.392 e. The van der Waals surface area contributed by atoms with Crippen molar-refractivity contribution in [3.05, 3.63) is 0 Å². The molecule has 3 N–H and O–H groups in total. The van der Waals surface area contributed by atoms with E-state index in [1.165, 1.54) is 0 Å². The Morgan fingerprint density at radius 2 is 2.00 bits per heavy atom. The van der Waals surface area contributed by atoms with Gasteiger partial charge >= 0.3 is 0 Å². The van der Waals surface area contributed by atoms with Gasteiger partial charge in [-0.05, 0) is 29.6 Å². The zero-order chi connectivity index (χ0) is 10.7. The van der Waals surface area contributed by atoms with Crippen LogP contribution in [0.5, 0.6) is 0 Å². The van der Waals surface area contributed by atoms with Gasteiger partial charge < -0.3 is 10.8 Å². The molecule has 2 bridgehead atoms. The highest BCUT2D eigenvalue weighted by Crippen LogP contribution is 2.67. The summed E-state index contributed by atoms with van der Waals surface area (Å²) in [6, 6.07) is 0. The van der Waals surface area contributed by atoms with Crippen LogP contribution in [0, 0.1) is 22.7 Å². The normalized spacial score (nSPS) is 49.6. The molecule has 0 saturated heterocycles. The number of rotatable bonds is 1. The Hall–Kier alpha value is -0.570. The van der Waals surface area contributed by atoms with Crippen molar-refractivity contribution in [1.82, 2.24) is 0 Å². The van der Waals surface area contributed by atoms with Crippen LogP contribution in [-0.2, 0) is 4.79 Å². The lowest BCUT2D eigenvalue weighted by Gasteiger charge is -2.36. The Labute approximate surface area is 84.7 Å². The van der Waals surface area contributed by atoms with E-state index in [2.05, 4.69) is 20.8 Å². The highest BCUT2D eigenvalue weighted by Gasteiger charge is 2.67. The molecule has 0 heterocycles. The van der Waals surface area contributed by atoms with Crippen LogP contribution in [0.2, 0.25) is 0 Å². The third-order valence-electron chi connectivity index (χ3n) is 5.13. The lowest BCUT2D eigenvalue weighted by molar-refractivity contribution is -0.128. The van der Waals surface area contributed by atoms with Gasteiger partial charge in [-0.1, -0.05) is 20.8 Å². The van der Waals surface area contributed by atoms with Crippen molar-refractivity contribution < 1.29 is 9.90 Å². The van der Waals surface area contributed by atoms with E-state index < -0.39 is 6.10 Å². The molecule has 0 spiro atoms. The fourth-order valence-corrected chi connectivity index (χ4v) is 3.69. The van der Waals surface area contributed by atoms with Crippen LogP contribution in [0.4, 0.5) is 0 Å². The third kappa shape index (κ3) is 0.842. The Bertz CT molecular complexity index is 287. The predicted molar refractivity (Wildman–Crippen MR) is 53.3 cm³/mol. The van der Waals surface area contributed by atoms with E-state index in [-0.39, 0.29) is 28.6 Å². The number of hydrogen-bond donors (Lipinski definition) is 2. The molecular weight excluding hydrogens is 178 g/mol. The molecule has 2 saturated carbocycles. The van der Waals surface area contributed by atoms with Gasteiger partial charge in [-0.15, -0.1) is 0 Å². The van der Waals surface area contributed by atoms with Gasteiger partial charge in [0.1, 0.15) is 0 Å². The molecule has 0 aromatic rings. The van der Waals surface area contributed by atoms with Gasteiger partial charge in [0.05, 0.1) is 12.0 Å². The molecule has 0 aliphatic heterocycles. The Morgan fingerprint density at radius 3 is 2.29 bits per heavy atom. The van der Waals surface area contributed by atoms with E-state index in [0.717, 1.165) is 12.8 Å². The number of aliphatic hydroxyl groups excluding tert-OH is 1. The molecule has 2 fully saturated rings. The van der Waals surface area contributed by atoms with Gasteiger partial charge in [0.2, 0.25) is 5.91 Å². The zero-order valence-electron chi connectivity index (χ0n) is 9.08. The van der Waals surface area contributed by atoms with E-state index in [1.807, 2.05) is 0 Å². The summed E-state index contributed by atoms with van der Waals surface area (Å²) in [5.74, 6) is -0.400. The van der Waals surface area contributed by atoms with Crippen LogP contribution < -0.4 is 5.73 Å². The number of carbonyl (C=O) groups is 1. The third-order valence-corrected chi connectivity index (χ3v) is 5.13. The first kappa shape index (κ1) is 9.97. The zero-order valence-corrected chi connectivity index (χ0v) is 9.08. The first-order valence-electron chi connectivity index (χ1n) is 5.30. The maximum absolute atomic E-state index is 11.3. The lowest BCUT2D eigenvalue weighted by atomic mass is 9.70. The SMILES string of the molecule is CC1(C)[C@H]2CC[C@@]1(C)[C@@H](O)[C@H]2C(N)=O. The number of hydrogen-bond acceptors (Lipinski definition) is 2. The topological polar surface area (TPSA) is 63.3 Å².